The van der Waals surface area contributed by atoms with Gasteiger partial charge in [0.25, 0.3) is 0 Å². The number of aryl methyl sites for hydroxylation is 1. The lowest BCUT2D eigenvalue weighted by Crippen LogP contribution is -1.99. The Morgan fingerprint density at radius 2 is 1.84 bits per heavy atom. The van der Waals surface area contributed by atoms with Crippen LogP contribution in [0.4, 0.5) is 10.3 Å². The molecule has 0 amide bonds. The summed E-state index contributed by atoms with van der Waals surface area (Å²) in [6, 6.07) is 12.6. The fourth-order valence-electron chi connectivity index (χ4n) is 2.22. The van der Waals surface area contributed by atoms with Crippen molar-refractivity contribution in [1.82, 2.24) is 9.97 Å². The molecule has 0 spiro atoms. The average molecular weight is 253 g/mol. The van der Waals surface area contributed by atoms with Crippen LogP contribution in [0.15, 0.2) is 42.5 Å². The number of fused-ring (bicyclic) bond motifs is 1. The van der Waals surface area contributed by atoms with Crippen LogP contribution in [0.3, 0.4) is 0 Å². The van der Waals surface area contributed by atoms with Crippen LogP contribution in [0.1, 0.15) is 5.69 Å². The van der Waals surface area contributed by atoms with Gasteiger partial charge in [0, 0.05) is 11.3 Å². The van der Waals surface area contributed by atoms with Crippen molar-refractivity contribution >= 4 is 16.7 Å². The van der Waals surface area contributed by atoms with E-state index in [1.165, 1.54) is 6.07 Å². The Morgan fingerprint density at radius 3 is 2.63 bits per heavy atom. The predicted octanol–water partition coefficient (Wildman–Crippen LogP) is 3.33. The van der Waals surface area contributed by atoms with Gasteiger partial charge in [-0.15, -0.1) is 0 Å². The molecular weight excluding hydrogens is 241 g/mol. The molecule has 0 aliphatic carbocycles. The second kappa shape index (κ2) is 4.31. The second-order valence-corrected chi connectivity index (χ2v) is 4.40. The maximum absolute atomic E-state index is 14.2. The van der Waals surface area contributed by atoms with Gasteiger partial charge < -0.3 is 5.73 Å². The van der Waals surface area contributed by atoms with Gasteiger partial charge in [-0.1, -0.05) is 30.3 Å². The normalized spacial score (nSPS) is 10.8. The van der Waals surface area contributed by atoms with Crippen molar-refractivity contribution in [1.29, 1.82) is 0 Å². The van der Waals surface area contributed by atoms with Gasteiger partial charge in [-0.05, 0) is 29.8 Å². The monoisotopic (exact) mass is 253 g/mol. The molecule has 0 fully saturated rings. The van der Waals surface area contributed by atoms with Crippen LogP contribution in [-0.4, -0.2) is 9.97 Å². The van der Waals surface area contributed by atoms with Gasteiger partial charge in [-0.2, -0.15) is 0 Å². The van der Waals surface area contributed by atoms with Crippen molar-refractivity contribution in [2.24, 2.45) is 0 Å². The van der Waals surface area contributed by atoms with Crippen molar-refractivity contribution in [3.05, 3.63) is 54.0 Å². The lowest BCUT2D eigenvalue weighted by Gasteiger charge is -2.08. The first kappa shape index (κ1) is 11.6. The van der Waals surface area contributed by atoms with Gasteiger partial charge in [0.1, 0.15) is 5.82 Å². The van der Waals surface area contributed by atoms with Gasteiger partial charge >= 0.3 is 0 Å². The molecule has 0 atom stereocenters. The lowest BCUT2D eigenvalue weighted by molar-refractivity contribution is 0.632. The summed E-state index contributed by atoms with van der Waals surface area (Å²) in [4.78, 5) is 8.16. The SMILES string of the molecule is Cc1cc(-c2c(F)ccc3ccccc23)nc(N)n1. The van der Waals surface area contributed by atoms with Crippen molar-refractivity contribution < 1.29 is 4.39 Å². The lowest BCUT2D eigenvalue weighted by atomic mass is 10.0. The molecule has 0 unspecified atom stereocenters. The molecule has 0 bridgehead atoms. The molecule has 1 heterocycles. The summed E-state index contributed by atoms with van der Waals surface area (Å²) < 4.78 is 14.2. The van der Waals surface area contributed by atoms with Crippen LogP contribution >= 0.6 is 0 Å². The van der Waals surface area contributed by atoms with E-state index in [1.807, 2.05) is 31.2 Å². The third-order valence-electron chi connectivity index (χ3n) is 3.01. The number of nitrogens with two attached hydrogens (primary N) is 1. The fourth-order valence-corrected chi connectivity index (χ4v) is 2.22. The van der Waals surface area contributed by atoms with E-state index in [9.17, 15) is 4.39 Å². The molecule has 19 heavy (non-hydrogen) atoms. The number of hydrogen-bond acceptors (Lipinski definition) is 3. The van der Waals surface area contributed by atoms with E-state index in [0.717, 1.165) is 16.5 Å². The minimum Gasteiger partial charge on any atom is -0.368 e. The molecule has 2 N–H and O–H groups in total. The molecular formula is C15H12FN3. The summed E-state index contributed by atoms with van der Waals surface area (Å²) in [5, 5.41) is 1.79. The molecule has 0 radical (unpaired) electrons. The van der Waals surface area contributed by atoms with Crippen LogP contribution in [0, 0.1) is 12.7 Å². The van der Waals surface area contributed by atoms with Gasteiger partial charge in [0.05, 0.1) is 5.69 Å². The largest absolute Gasteiger partial charge is 0.368 e. The highest BCUT2D eigenvalue weighted by atomic mass is 19.1. The summed E-state index contributed by atoms with van der Waals surface area (Å²) in [6.45, 7) is 1.81. The first-order chi connectivity index (χ1) is 9.15. The summed E-state index contributed by atoms with van der Waals surface area (Å²) in [6.07, 6.45) is 0. The maximum Gasteiger partial charge on any atom is 0.220 e. The molecule has 3 rings (SSSR count). The van der Waals surface area contributed by atoms with Crippen molar-refractivity contribution in [3.63, 3.8) is 0 Å². The Balaban J connectivity index is 2.38. The summed E-state index contributed by atoms with van der Waals surface area (Å²) in [7, 11) is 0. The molecule has 4 heteroatoms. The zero-order valence-electron chi connectivity index (χ0n) is 10.4. The van der Waals surface area contributed by atoms with Gasteiger partial charge in [0.15, 0.2) is 0 Å². The van der Waals surface area contributed by atoms with Gasteiger partial charge in [0.2, 0.25) is 5.95 Å². The molecule has 94 valence electrons. The van der Waals surface area contributed by atoms with E-state index >= 15 is 0 Å². The van der Waals surface area contributed by atoms with Crippen LogP contribution in [0.25, 0.3) is 22.0 Å². The first-order valence-electron chi connectivity index (χ1n) is 5.94. The standard InChI is InChI=1S/C15H12FN3/c1-9-8-13(19-15(17)18-9)14-11-5-3-2-4-10(11)6-7-12(14)16/h2-8H,1H3,(H2,17,18,19). The highest BCUT2D eigenvalue weighted by molar-refractivity contribution is 5.96. The number of nitrogen functional groups attached to an aromatic ring is 1. The second-order valence-electron chi connectivity index (χ2n) is 4.40. The van der Waals surface area contributed by atoms with E-state index in [-0.39, 0.29) is 11.8 Å². The topological polar surface area (TPSA) is 51.8 Å². The number of benzene rings is 2. The zero-order valence-corrected chi connectivity index (χ0v) is 10.4. The summed E-state index contributed by atoms with van der Waals surface area (Å²) in [5.41, 5.74) is 7.34. The molecule has 3 nitrogen and oxygen atoms in total. The number of rotatable bonds is 1. The van der Waals surface area contributed by atoms with E-state index < -0.39 is 0 Å². The highest BCUT2D eigenvalue weighted by Crippen LogP contribution is 2.30. The maximum atomic E-state index is 14.2. The number of hydrogen-bond donors (Lipinski definition) is 1. The molecule has 3 aromatic rings. The smallest absolute Gasteiger partial charge is 0.220 e. The predicted molar refractivity (Wildman–Crippen MR) is 74.1 cm³/mol. The summed E-state index contributed by atoms with van der Waals surface area (Å²) >= 11 is 0. The Kier molecular flexibility index (Phi) is 2.63. The number of aromatic nitrogens is 2. The molecule has 2 aromatic carbocycles. The molecule has 0 aliphatic heterocycles. The van der Waals surface area contributed by atoms with Crippen LogP contribution < -0.4 is 5.73 Å². The van der Waals surface area contributed by atoms with E-state index in [0.29, 0.717) is 11.3 Å². The van der Waals surface area contributed by atoms with Gasteiger partial charge in [-0.3, -0.25) is 0 Å². The van der Waals surface area contributed by atoms with Crippen LogP contribution in [-0.2, 0) is 0 Å². The summed E-state index contributed by atoms with van der Waals surface area (Å²) in [5.74, 6) is -0.154. The Hall–Kier alpha value is -2.49. The molecule has 0 saturated carbocycles. The van der Waals surface area contributed by atoms with Crippen molar-refractivity contribution in [2.45, 2.75) is 6.92 Å². The quantitative estimate of drug-likeness (QED) is 0.723. The van der Waals surface area contributed by atoms with Crippen molar-refractivity contribution in [3.8, 4) is 11.3 Å². The first-order valence-corrected chi connectivity index (χ1v) is 5.94. The minimum atomic E-state index is -0.309. The molecule has 1 aromatic heterocycles. The fraction of sp³-hybridized carbons (Fsp3) is 0.0667. The van der Waals surface area contributed by atoms with E-state index in [2.05, 4.69) is 9.97 Å². The number of nitrogens with zero attached hydrogens (tertiary/aromatic N) is 2. The molecule has 0 aliphatic rings. The third-order valence-corrected chi connectivity index (χ3v) is 3.01. The number of anilines is 1. The van der Waals surface area contributed by atoms with Gasteiger partial charge in [-0.25, -0.2) is 14.4 Å². The van der Waals surface area contributed by atoms with Crippen LogP contribution in [0.5, 0.6) is 0 Å². The zero-order chi connectivity index (χ0) is 13.4. The average Bonchev–Trinajstić information content (AvgIpc) is 2.37. The Labute approximate surface area is 109 Å². The Bertz CT molecular complexity index is 748. The Morgan fingerprint density at radius 1 is 1.05 bits per heavy atom. The van der Waals surface area contributed by atoms with Crippen LogP contribution in [0.2, 0.25) is 0 Å². The number of halogens is 1. The van der Waals surface area contributed by atoms with Crippen molar-refractivity contribution in [2.75, 3.05) is 5.73 Å². The highest BCUT2D eigenvalue weighted by Gasteiger charge is 2.12. The minimum absolute atomic E-state index is 0.155. The van der Waals surface area contributed by atoms with E-state index in [1.54, 1.807) is 12.1 Å². The van der Waals surface area contributed by atoms with E-state index in [4.69, 9.17) is 5.73 Å². The molecule has 0 saturated heterocycles. The third kappa shape index (κ3) is 2.01.